The molecule has 0 bridgehead atoms. The van der Waals surface area contributed by atoms with Gasteiger partial charge < -0.3 is 10.1 Å². The Morgan fingerprint density at radius 2 is 2.09 bits per heavy atom. The van der Waals surface area contributed by atoms with Crippen LogP contribution in [0.15, 0.2) is 36.7 Å². The fraction of sp³-hybridized carbons (Fsp3) is 0.133. The minimum absolute atomic E-state index is 0.208. The van der Waals surface area contributed by atoms with Gasteiger partial charge in [-0.25, -0.2) is 9.97 Å². The number of aromatic nitrogens is 4. The summed E-state index contributed by atoms with van der Waals surface area (Å²) < 4.78 is 4.68. The molecule has 0 aliphatic rings. The number of carbonyl (C=O) groups is 1. The molecule has 0 amide bonds. The first kappa shape index (κ1) is 14.5. The molecule has 2 heterocycles. The number of nitrogens with zero attached hydrogens (tertiary/aromatic N) is 4. The van der Waals surface area contributed by atoms with Gasteiger partial charge in [0, 0.05) is 6.20 Å². The number of aromatic amines is 1. The molecule has 114 valence electrons. The SMILES string of the molecule is COC(=O)[C@@H](C#N)c1nc2ccccc2nc1Nc1cn[nH]c1. The van der Waals surface area contributed by atoms with Gasteiger partial charge >= 0.3 is 5.97 Å². The van der Waals surface area contributed by atoms with E-state index in [0.717, 1.165) is 0 Å². The highest BCUT2D eigenvalue weighted by Crippen LogP contribution is 2.27. The first-order valence-corrected chi connectivity index (χ1v) is 6.73. The lowest BCUT2D eigenvalue weighted by atomic mass is 10.1. The zero-order valence-electron chi connectivity index (χ0n) is 12.1. The largest absolute Gasteiger partial charge is 0.468 e. The Morgan fingerprint density at radius 3 is 2.70 bits per heavy atom. The van der Waals surface area contributed by atoms with Gasteiger partial charge in [-0.05, 0) is 12.1 Å². The van der Waals surface area contributed by atoms with E-state index in [4.69, 9.17) is 0 Å². The normalized spacial score (nSPS) is 11.7. The third kappa shape index (κ3) is 2.80. The Balaban J connectivity index is 2.16. The number of H-pyrrole nitrogens is 1. The van der Waals surface area contributed by atoms with E-state index in [1.54, 1.807) is 24.5 Å². The summed E-state index contributed by atoms with van der Waals surface area (Å²) in [5, 5.41) is 18.9. The van der Waals surface area contributed by atoms with Gasteiger partial charge in [0.15, 0.2) is 11.7 Å². The highest BCUT2D eigenvalue weighted by atomic mass is 16.5. The van der Waals surface area contributed by atoms with Crippen molar-refractivity contribution in [3.8, 4) is 6.07 Å². The van der Waals surface area contributed by atoms with E-state index < -0.39 is 11.9 Å². The number of nitrogens with one attached hydrogen (secondary N) is 2. The second kappa shape index (κ2) is 6.11. The molecular formula is C15H12N6O2. The summed E-state index contributed by atoms with van der Waals surface area (Å²) in [5.41, 5.74) is 2.07. The lowest BCUT2D eigenvalue weighted by Gasteiger charge is -2.13. The Kier molecular flexibility index (Phi) is 3.84. The second-order valence-electron chi connectivity index (χ2n) is 4.64. The summed E-state index contributed by atoms with van der Waals surface area (Å²) in [6.07, 6.45) is 3.18. The lowest BCUT2D eigenvalue weighted by molar-refractivity contribution is -0.141. The number of rotatable bonds is 4. The van der Waals surface area contributed by atoms with Gasteiger partial charge in [0.1, 0.15) is 5.69 Å². The molecule has 8 nitrogen and oxygen atoms in total. The predicted molar refractivity (Wildman–Crippen MR) is 81.8 cm³/mol. The van der Waals surface area contributed by atoms with Crippen LogP contribution >= 0.6 is 0 Å². The van der Waals surface area contributed by atoms with Crippen LogP contribution in [0, 0.1) is 11.3 Å². The van der Waals surface area contributed by atoms with Crippen LogP contribution in [0.5, 0.6) is 0 Å². The van der Waals surface area contributed by atoms with E-state index in [1.807, 2.05) is 18.2 Å². The predicted octanol–water partition coefficient (Wildman–Crippen LogP) is 1.88. The van der Waals surface area contributed by atoms with E-state index in [1.165, 1.54) is 7.11 Å². The number of para-hydroxylation sites is 2. The van der Waals surface area contributed by atoms with Crippen LogP contribution in [0.2, 0.25) is 0 Å². The molecule has 1 atom stereocenters. The third-order valence-electron chi connectivity index (χ3n) is 3.20. The van der Waals surface area contributed by atoms with Gasteiger partial charge in [-0.2, -0.15) is 10.4 Å². The van der Waals surface area contributed by atoms with E-state index in [0.29, 0.717) is 22.5 Å². The van der Waals surface area contributed by atoms with Gasteiger partial charge in [-0.1, -0.05) is 12.1 Å². The van der Waals surface area contributed by atoms with E-state index in [9.17, 15) is 10.1 Å². The first-order chi connectivity index (χ1) is 11.2. The first-order valence-electron chi connectivity index (χ1n) is 6.73. The van der Waals surface area contributed by atoms with Crippen LogP contribution in [-0.4, -0.2) is 33.2 Å². The minimum Gasteiger partial charge on any atom is -0.468 e. The topological polar surface area (TPSA) is 117 Å². The van der Waals surface area contributed by atoms with Crippen molar-refractivity contribution in [2.75, 3.05) is 12.4 Å². The fourth-order valence-electron chi connectivity index (χ4n) is 2.11. The maximum absolute atomic E-state index is 11.9. The highest BCUT2D eigenvalue weighted by Gasteiger charge is 2.27. The van der Waals surface area contributed by atoms with Crippen molar-refractivity contribution < 1.29 is 9.53 Å². The van der Waals surface area contributed by atoms with Crippen molar-refractivity contribution in [2.45, 2.75) is 5.92 Å². The minimum atomic E-state index is -1.17. The van der Waals surface area contributed by atoms with Gasteiger partial charge in [0.05, 0.1) is 36.1 Å². The van der Waals surface area contributed by atoms with Crippen molar-refractivity contribution in [1.29, 1.82) is 5.26 Å². The number of methoxy groups -OCH3 is 1. The number of hydrogen-bond donors (Lipinski definition) is 2. The van der Waals surface area contributed by atoms with Crippen LogP contribution in [0.25, 0.3) is 11.0 Å². The number of anilines is 2. The third-order valence-corrected chi connectivity index (χ3v) is 3.20. The van der Waals surface area contributed by atoms with Crippen LogP contribution in [0.4, 0.5) is 11.5 Å². The van der Waals surface area contributed by atoms with E-state index in [-0.39, 0.29) is 5.69 Å². The van der Waals surface area contributed by atoms with Gasteiger partial charge in [0.25, 0.3) is 0 Å². The van der Waals surface area contributed by atoms with E-state index in [2.05, 4.69) is 30.2 Å². The lowest BCUT2D eigenvalue weighted by Crippen LogP contribution is -2.16. The van der Waals surface area contributed by atoms with Crippen LogP contribution in [-0.2, 0) is 9.53 Å². The number of esters is 1. The monoisotopic (exact) mass is 308 g/mol. The molecule has 23 heavy (non-hydrogen) atoms. The van der Waals surface area contributed by atoms with Gasteiger partial charge in [-0.3, -0.25) is 9.89 Å². The Morgan fingerprint density at radius 1 is 1.35 bits per heavy atom. The summed E-state index contributed by atoms with van der Waals surface area (Å²) in [6, 6.07) is 9.12. The summed E-state index contributed by atoms with van der Waals surface area (Å²) in [7, 11) is 1.23. The van der Waals surface area contributed by atoms with Gasteiger partial charge in [-0.15, -0.1) is 0 Å². The zero-order chi connectivity index (χ0) is 16.2. The molecule has 3 aromatic rings. The number of carbonyl (C=O) groups excluding carboxylic acids is 1. The molecule has 0 unspecified atom stereocenters. The van der Waals surface area contributed by atoms with Crippen molar-refractivity contribution in [1.82, 2.24) is 20.2 Å². The molecule has 0 aliphatic heterocycles. The Hall–Kier alpha value is -3.47. The fourth-order valence-corrected chi connectivity index (χ4v) is 2.11. The summed E-state index contributed by atoms with van der Waals surface area (Å²) in [6.45, 7) is 0. The highest BCUT2D eigenvalue weighted by molar-refractivity contribution is 5.85. The zero-order valence-corrected chi connectivity index (χ0v) is 12.1. The number of nitriles is 1. The van der Waals surface area contributed by atoms with Crippen LogP contribution in [0.3, 0.4) is 0 Å². The smallest absolute Gasteiger partial charge is 0.329 e. The van der Waals surface area contributed by atoms with E-state index >= 15 is 0 Å². The standard InChI is InChI=1S/C15H12N6O2/c1-23-15(22)10(6-16)13-14(19-9-7-17-18-8-9)21-12-5-3-2-4-11(12)20-13/h2-5,7-8,10H,1H3,(H,17,18)(H,19,21)/t10-/m0/s1. The summed E-state index contributed by atoms with van der Waals surface area (Å²) in [5.74, 6) is -1.55. The Bertz CT molecular complexity index is 885. The maximum atomic E-state index is 11.9. The second-order valence-corrected chi connectivity index (χ2v) is 4.64. The van der Waals surface area contributed by atoms with Crippen molar-refractivity contribution in [2.24, 2.45) is 0 Å². The molecule has 8 heteroatoms. The molecule has 2 aromatic heterocycles. The van der Waals surface area contributed by atoms with Crippen LogP contribution < -0.4 is 5.32 Å². The van der Waals surface area contributed by atoms with Crippen LogP contribution in [0.1, 0.15) is 11.6 Å². The van der Waals surface area contributed by atoms with Crippen molar-refractivity contribution >= 4 is 28.5 Å². The molecule has 1 aromatic carbocycles. The number of fused-ring (bicyclic) bond motifs is 1. The molecule has 0 radical (unpaired) electrons. The maximum Gasteiger partial charge on any atom is 0.329 e. The summed E-state index contributed by atoms with van der Waals surface area (Å²) in [4.78, 5) is 20.8. The number of hydrogen-bond acceptors (Lipinski definition) is 7. The molecule has 0 fully saturated rings. The van der Waals surface area contributed by atoms with Crippen molar-refractivity contribution in [3.63, 3.8) is 0 Å². The Labute approximate surface area is 131 Å². The molecule has 2 N–H and O–H groups in total. The molecule has 0 spiro atoms. The number of ether oxygens (including phenoxy) is 1. The molecule has 3 rings (SSSR count). The average Bonchev–Trinajstić information content (AvgIpc) is 3.08. The molecule has 0 saturated carbocycles. The summed E-state index contributed by atoms with van der Waals surface area (Å²) >= 11 is 0. The quantitative estimate of drug-likeness (QED) is 0.706. The molecular weight excluding hydrogens is 296 g/mol. The molecule has 0 saturated heterocycles. The van der Waals surface area contributed by atoms with Crippen molar-refractivity contribution in [3.05, 3.63) is 42.4 Å². The molecule has 0 aliphatic carbocycles. The van der Waals surface area contributed by atoms with Gasteiger partial charge in [0.2, 0.25) is 0 Å². The number of benzene rings is 1. The average molecular weight is 308 g/mol.